The quantitative estimate of drug-likeness (QED) is 0.795. The average Bonchev–Trinajstić information content (AvgIpc) is 2.35. The van der Waals surface area contributed by atoms with Crippen molar-refractivity contribution in [1.29, 1.82) is 0 Å². The number of nitrogens with one attached hydrogen (secondary N) is 1. The van der Waals surface area contributed by atoms with Crippen LogP contribution in [0.5, 0.6) is 5.75 Å². The van der Waals surface area contributed by atoms with E-state index < -0.39 is 17.6 Å². The third kappa shape index (κ3) is 4.01. The fourth-order valence-corrected chi connectivity index (χ4v) is 2.01. The van der Waals surface area contributed by atoms with E-state index in [0.29, 0.717) is 5.56 Å². The van der Waals surface area contributed by atoms with Gasteiger partial charge in [0.1, 0.15) is 11.6 Å². The largest absolute Gasteiger partial charge is 0.508 e. The van der Waals surface area contributed by atoms with Crippen LogP contribution in [0.1, 0.15) is 11.1 Å². The summed E-state index contributed by atoms with van der Waals surface area (Å²) in [4.78, 5) is 0. The van der Waals surface area contributed by atoms with Crippen molar-refractivity contribution in [2.75, 3.05) is 5.32 Å². The van der Waals surface area contributed by atoms with Gasteiger partial charge < -0.3 is 10.4 Å². The lowest BCUT2D eigenvalue weighted by atomic mass is 10.1. The first-order valence-electron chi connectivity index (χ1n) is 5.85. The molecule has 7 heteroatoms. The molecule has 2 aromatic carbocycles. The molecule has 2 aromatic rings. The fraction of sp³-hybridized carbons (Fsp3) is 0.143. The Morgan fingerprint density at radius 3 is 2.43 bits per heavy atom. The Morgan fingerprint density at radius 2 is 1.81 bits per heavy atom. The number of rotatable bonds is 3. The van der Waals surface area contributed by atoms with E-state index in [0.717, 1.165) is 18.2 Å². The van der Waals surface area contributed by atoms with E-state index in [1.54, 1.807) is 0 Å². The Kier molecular flexibility index (Phi) is 4.27. The highest BCUT2D eigenvalue weighted by molar-refractivity contribution is 6.30. The van der Waals surface area contributed by atoms with Crippen LogP contribution in [0, 0.1) is 5.82 Å². The summed E-state index contributed by atoms with van der Waals surface area (Å²) in [7, 11) is 0. The molecular formula is C14H10ClF4NO. The number of phenols is 1. The maximum Gasteiger partial charge on any atom is 0.418 e. The Bertz CT molecular complexity index is 638. The van der Waals surface area contributed by atoms with Gasteiger partial charge in [-0.05, 0) is 35.9 Å². The van der Waals surface area contributed by atoms with Gasteiger partial charge in [-0.1, -0.05) is 11.6 Å². The minimum atomic E-state index is -4.56. The highest BCUT2D eigenvalue weighted by atomic mass is 35.5. The number of benzene rings is 2. The molecule has 21 heavy (non-hydrogen) atoms. The van der Waals surface area contributed by atoms with Gasteiger partial charge in [-0.2, -0.15) is 13.2 Å². The minimum absolute atomic E-state index is 0.0312. The van der Waals surface area contributed by atoms with Gasteiger partial charge in [0.05, 0.1) is 5.56 Å². The predicted molar refractivity (Wildman–Crippen MR) is 71.8 cm³/mol. The standard InChI is InChI=1S/C14H10ClF4NO/c15-9-1-2-13(12(5-9)14(17,18)19)20-7-8-3-10(16)6-11(21)4-8/h1-6,20-21H,7H2. The van der Waals surface area contributed by atoms with Crippen LogP contribution in [0.4, 0.5) is 23.2 Å². The Morgan fingerprint density at radius 1 is 1.10 bits per heavy atom. The van der Waals surface area contributed by atoms with Gasteiger partial charge in [0.25, 0.3) is 0 Å². The van der Waals surface area contributed by atoms with Crippen LogP contribution in [0.3, 0.4) is 0 Å². The molecule has 0 aliphatic heterocycles. The maximum atomic E-state index is 13.1. The number of phenolic OH excluding ortho intramolecular Hbond substituents is 1. The average molecular weight is 320 g/mol. The monoisotopic (exact) mass is 319 g/mol. The van der Waals surface area contributed by atoms with Crippen LogP contribution in [0.2, 0.25) is 5.02 Å². The smallest absolute Gasteiger partial charge is 0.418 e. The van der Waals surface area contributed by atoms with Crippen molar-refractivity contribution in [3.63, 3.8) is 0 Å². The summed E-state index contributed by atoms with van der Waals surface area (Å²) < 4.78 is 51.7. The summed E-state index contributed by atoms with van der Waals surface area (Å²) in [6.07, 6.45) is -4.56. The zero-order chi connectivity index (χ0) is 15.6. The van der Waals surface area contributed by atoms with Crippen LogP contribution in [-0.4, -0.2) is 5.11 Å². The van der Waals surface area contributed by atoms with Gasteiger partial charge in [0, 0.05) is 23.3 Å². The Balaban J connectivity index is 2.24. The summed E-state index contributed by atoms with van der Waals surface area (Å²) >= 11 is 5.57. The summed E-state index contributed by atoms with van der Waals surface area (Å²) in [5, 5.41) is 11.8. The number of anilines is 1. The zero-order valence-corrected chi connectivity index (χ0v) is 11.3. The van der Waals surface area contributed by atoms with Crippen molar-refractivity contribution >= 4 is 17.3 Å². The number of alkyl halides is 3. The van der Waals surface area contributed by atoms with E-state index in [1.807, 2.05) is 0 Å². The summed E-state index contributed by atoms with van der Waals surface area (Å²) in [6, 6.07) is 6.63. The van der Waals surface area contributed by atoms with Gasteiger partial charge in [-0.3, -0.25) is 0 Å². The van der Waals surface area contributed by atoms with Gasteiger partial charge in [0.15, 0.2) is 0 Å². The van der Waals surface area contributed by atoms with Crippen molar-refractivity contribution < 1.29 is 22.7 Å². The second-order valence-corrected chi connectivity index (χ2v) is 4.80. The molecule has 0 saturated heterocycles. The molecular weight excluding hydrogens is 310 g/mol. The fourth-order valence-electron chi connectivity index (χ4n) is 1.84. The molecule has 2 nitrogen and oxygen atoms in total. The normalized spacial score (nSPS) is 11.5. The molecule has 112 valence electrons. The van der Waals surface area contributed by atoms with E-state index in [-0.39, 0.29) is 23.0 Å². The van der Waals surface area contributed by atoms with Crippen LogP contribution in [-0.2, 0) is 12.7 Å². The number of hydrogen-bond donors (Lipinski definition) is 2. The molecule has 0 heterocycles. The van der Waals surface area contributed by atoms with Crippen molar-refractivity contribution in [3.05, 3.63) is 58.4 Å². The molecule has 0 bridgehead atoms. The first-order chi connectivity index (χ1) is 9.75. The zero-order valence-electron chi connectivity index (χ0n) is 10.5. The SMILES string of the molecule is Oc1cc(F)cc(CNc2ccc(Cl)cc2C(F)(F)F)c1. The van der Waals surface area contributed by atoms with E-state index in [4.69, 9.17) is 11.6 Å². The first kappa shape index (κ1) is 15.4. The van der Waals surface area contributed by atoms with Crippen LogP contribution in [0.25, 0.3) is 0 Å². The second kappa shape index (κ2) is 5.81. The number of halogens is 5. The van der Waals surface area contributed by atoms with E-state index in [1.165, 1.54) is 18.2 Å². The lowest BCUT2D eigenvalue weighted by molar-refractivity contribution is -0.136. The van der Waals surface area contributed by atoms with Gasteiger partial charge in [-0.15, -0.1) is 0 Å². The maximum absolute atomic E-state index is 13.1. The molecule has 0 aliphatic rings. The van der Waals surface area contributed by atoms with Crippen LogP contribution in [0.15, 0.2) is 36.4 Å². The van der Waals surface area contributed by atoms with Gasteiger partial charge in [-0.25, -0.2) is 4.39 Å². The molecule has 2 rings (SSSR count). The van der Waals surface area contributed by atoms with Gasteiger partial charge >= 0.3 is 6.18 Å². The number of aromatic hydroxyl groups is 1. The summed E-state index contributed by atoms with van der Waals surface area (Å²) in [6.45, 7) is -0.0734. The molecule has 0 aliphatic carbocycles. The minimum Gasteiger partial charge on any atom is -0.508 e. The molecule has 0 aromatic heterocycles. The summed E-state index contributed by atoms with van der Waals surface area (Å²) in [5.41, 5.74) is -0.762. The van der Waals surface area contributed by atoms with Gasteiger partial charge in [0.2, 0.25) is 0 Å². The molecule has 0 unspecified atom stereocenters. The summed E-state index contributed by atoms with van der Waals surface area (Å²) in [5.74, 6) is -0.960. The van der Waals surface area contributed by atoms with Crippen molar-refractivity contribution in [2.45, 2.75) is 12.7 Å². The Hall–Kier alpha value is -1.95. The number of hydrogen-bond acceptors (Lipinski definition) is 2. The molecule has 0 fully saturated rings. The third-order valence-corrected chi connectivity index (χ3v) is 2.95. The Labute approximate surface area is 123 Å². The lowest BCUT2D eigenvalue weighted by Crippen LogP contribution is -2.11. The van der Waals surface area contributed by atoms with Crippen LogP contribution >= 0.6 is 11.6 Å². The van der Waals surface area contributed by atoms with Crippen molar-refractivity contribution in [3.8, 4) is 5.75 Å². The first-order valence-corrected chi connectivity index (χ1v) is 6.22. The molecule has 0 spiro atoms. The highest BCUT2D eigenvalue weighted by Gasteiger charge is 2.33. The lowest BCUT2D eigenvalue weighted by Gasteiger charge is -2.15. The second-order valence-electron chi connectivity index (χ2n) is 4.36. The molecule has 0 amide bonds. The van der Waals surface area contributed by atoms with Crippen molar-refractivity contribution in [2.24, 2.45) is 0 Å². The van der Waals surface area contributed by atoms with E-state index >= 15 is 0 Å². The van der Waals surface area contributed by atoms with Crippen molar-refractivity contribution in [1.82, 2.24) is 0 Å². The van der Waals surface area contributed by atoms with E-state index in [9.17, 15) is 22.7 Å². The highest BCUT2D eigenvalue weighted by Crippen LogP contribution is 2.36. The molecule has 0 radical (unpaired) electrons. The molecule has 0 atom stereocenters. The van der Waals surface area contributed by atoms with E-state index in [2.05, 4.69) is 5.32 Å². The van der Waals surface area contributed by atoms with Crippen LogP contribution < -0.4 is 5.32 Å². The predicted octanol–water partition coefficient (Wildman–Crippen LogP) is 4.82. The molecule has 0 saturated carbocycles. The topological polar surface area (TPSA) is 32.3 Å². The molecule has 2 N–H and O–H groups in total. The third-order valence-electron chi connectivity index (χ3n) is 2.71.